The van der Waals surface area contributed by atoms with E-state index in [1.165, 1.54) is 0 Å². The molecule has 80 valence electrons. The van der Waals surface area contributed by atoms with E-state index in [1.54, 1.807) is 18.7 Å². The number of carbonyl (C=O) groups is 2. The number of ether oxygens (including phenoxy) is 1. The van der Waals surface area contributed by atoms with Crippen molar-refractivity contribution < 1.29 is 14.3 Å². The van der Waals surface area contributed by atoms with Crippen LogP contribution in [0.25, 0.3) is 0 Å². The van der Waals surface area contributed by atoms with Crippen LogP contribution in [-0.4, -0.2) is 29.4 Å². The van der Waals surface area contributed by atoms with E-state index in [-0.39, 0.29) is 17.0 Å². The molecule has 1 fully saturated rings. The molecule has 1 aliphatic rings. The molecular weight excluding hydrogens is 200 g/mol. The van der Waals surface area contributed by atoms with Crippen molar-refractivity contribution in [3.05, 3.63) is 0 Å². The fourth-order valence-corrected chi connectivity index (χ4v) is 2.97. The van der Waals surface area contributed by atoms with Crippen LogP contribution in [0.3, 0.4) is 0 Å². The van der Waals surface area contributed by atoms with E-state index in [1.807, 2.05) is 6.92 Å². The van der Waals surface area contributed by atoms with Gasteiger partial charge in [0.05, 0.1) is 11.9 Å². The topological polar surface area (TPSA) is 43.4 Å². The number of hydrogen-bond donors (Lipinski definition) is 0. The van der Waals surface area contributed by atoms with Crippen molar-refractivity contribution >= 4 is 23.5 Å². The Hall–Kier alpha value is -0.510. The summed E-state index contributed by atoms with van der Waals surface area (Å²) < 4.78 is 4.85. The van der Waals surface area contributed by atoms with Gasteiger partial charge in [0.15, 0.2) is 5.78 Å². The van der Waals surface area contributed by atoms with Gasteiger partial charge in [-0.2, -0.15) is 0 Å². The van der Waals surface area contributed by atoms with E-state index in [4.69, 9.17) is 4.74 Å². The first-order valence-electron chi connectivity index (χ1n) is 5.02. The van der Waals surface area contributed by atoms with Crippen LogP contribution in [0.15, 0.2) is 0 Å². The van der Waals surface area contributed by atoms with Crippen molar-refractivity contribution in [3.8, 4) is 0 Å². The molecule has 1 rings (SSSR count). The average molecular weight is 216 g/mol. The first kappa shape index (κ1) is 11.6. The van der Waals surface area contributed by atoms with Crippen LogP contribution in [0.2, 0.25) is 0 Å². The monoisotopic (exact) mass is 216 g/mol. The number of thioether (sulfide) groups is 1. The highest BCUT2D eigenvalue weighted by molar-refractivity contribution is 8.01. The molecule has 0 N–H and O–H groups in total. The summed E-state index contributed by atoms with van der Waals surface area (Å²) in [5.74, 6) is -0.182. The Morgan fingerprint density at radius 3 is 2.86 bits per heavy atom. The molecule has 1 heterocycles. The summed E-state index contributed by atoms with van der Waals surface area (Å²) in [4.78, 5) is 23.0. The minimum absolute atomic E-state index is 0.0226. The second kappa shape index (κ2) is 5.39. The number of esters is 1. The fraction of sp³-hybridized carbons (Fsp3) is 0.800. The van der Waals surface area contributed by atoms with Gasteiger partial charge in [-0.05, 0) is 13.3 Å². The van der Waals surface area contributed by atoms with Crippen molar-refractivity contribution in [2.24, 2.45) is 5.92 Å². The average Bonchev–Trinajstić information content (AvgIpc) is 2.49. The van der Waals surface area contributed by atoms with Gasteiger partial charge < -0.3 is 4.74 Å². The fourth-order valence-electron chi connectivity index (χ4n) is 1.52. The molecule has 0 aromatic heterocycles. The summed E-state index contributed by atoms with van der Waals surface area (Å²) in [7, 11) is 0. The van der Waals surface area contributed by atoms with Gasteiger partial charge in [-0.25, -0.2) is 0 Å². The Morgan fingerprint density at radius 2 is 2.29 bits per heavy atom. The SMILES string of the molecule is CCCC1SCC(C(=O)OCC)C1=O. The number of carbonyl (C=O) groups excluding carboxylic acids is 2. The molecule has 0 amide bonds. The molecule has 1 aliphatic heterocycles. The maximum atomic E-state index is 11.7. The lowest BCUT2D eigenvalue weighted by Crippen LogP contribution is -2.27. The van der Waals surface area contributed by atoms with Crippen molar-refractivity contribution in [2.45, 2.75) is 31.9 Å². The van der Waals surface area contributed by atoms with Crippen LogP contribution < -0.4 is 0 Å². The molecule has 0 bridgehead atoms. The zero-order valence-electron chi connectivity index (χ0n) is 8.62. The highest BCUT2D eigenvalue weighted by Gasteiger charge is 2.39. The molecule has 0 radical (unpaired) electrons. The summed E-state index contributed by atoms with van der Waals surface area (Å²) in [6.45, 7) is 4.16. The Morgan fingerprint density at radius 1 is 1.57 bits per heavy atom. The molecule has 4 heteroatoms. The zero-order chi connectivity index (χ0) is 10.6. The summed E-state index contributed by atoms with van der Waals surface area (Å²) >= 11 is 1.59. The van der Waals surface area contributed by atoms with Crippen LogP contribution >= 0.6 is 11.8 Å². The molecule has 2 atom stereocenters. The smallest absolute Gasteiger partial charge is 0.317 e. The second-order valence-corrected chi connectivity index (χ2v) is 4.55. The van der Waals surface area contributed by atoms with Crippen molar-refractivity contribution in [1.29, 1.82) is 0 Å². The van der Waals surface area contributed by atoms with Gasteiger partial charge in [-0.1, -0.05) is 13.3 Å². The molecule has 0 aromatic carbocycles. The lowest BCUT2D eigenvalue weighted by molar-refractivity contribution is -0.150. The highest BCUT2D eigenvalue weighted by atomic mass is 32.2. The Bertz CT molecular complexity index is 227. The van der Waals surface area contributed by atoms with Crippen molar-refractivity contribution in [3.63, 3.8) is 0 Å². The van der Waals surface area contributed by atoms with Gasteiger partial charge in [-0.3, -0.25) is 9.59 Å². The van der Waals surface area contributed by atoms with E-state index in [9.17, 15) is 9.59 Å². The van der Waals surface area contributed by atoms with Crippen LogP contribution in [-0.2, 0) is 14.3 Å². The minimum atomic E-state index is -0.503. The maximum absolute atomic E-state index is 11.7. The predicted molar refractivity (Wildman–Crippen MR) is 56.3 cm³/mol. The second-order valence-electron chi connectivity index (χ2n) is 3.32. The van der Waals surface area contributed by atoms with E-state index in [2.05, 4.69) is 0 Å². The van der Waals surface area contributed by atoms with E-state index in [0.29, 0.717) is 12.4 Å². The van der Waals surface area contributed by atoms with E-state index < -0.39 is 5.92 Å². The van der Waals surface area contributed by atoms with E-state index >= 15 is 0 Å². The quantitative estimate of drug-likeness (QED) is 0.529. The van der Waals surface area contributed by atoms with Gasteiger partial charge in [-0.15, -0.1) is 11.8 Å². The molecule has 0 spiro atoms. The molecular formula is C10H16O3S. The number of ketones is 1. The van der Waals surface area contributed by atoms with Crippen LogP contribution in [0.1, 0.15) is 26.7 Å². The van der Waals surface area contributed by atoms with E-state index in [0.717, 1.165) is 12.8 Å². The van der Waals surface area contributed by atoms with Gasteiger partial charge in [0.2, 0.25) is 0 Å². The molecule has 3 nitrogen and oxygen atoms in total. The zero-order valence-corrected chi connectivity index (χ0v) is 9.43. The van der Waals surface area contributed by atoms with Gasteiger partial charge in [0.1, 0.15) is 5.92 Å². The van der Waals surface area contributed by atoms with Gasteiger partial charge >= 0.3 is 5.97 Å². The predicted octanol–water partition coefficient (Wildman–Crippen LogP) is 1.65. The first-order chi connectivity index (χ1) is 6.70. The Kier molecular flexibility index (Phi) is 4.45. The summed E-state index contributed by atoms with van der Waals surface area (Å²) in [5.41, 5.74) is 0. The Labute approximate surface area is 88.6 Å². The number of Topliss-reactive ketones (excluding diaryl/α,β-unsaturated/α-hetero) is 1. The largest absolute Gasteiger partial charge is 0.465 e. The summed E-state index contributed by atoms with van der Waals surface area (Å²) in [5, 5.41) is 0.0226. The third-order valence-electron chi connectivity index (χ3n) is 2.25. The Balaban J connectivity index is 2.50. The summed E-state index contributed by atoms with van der Waals surface area (Å²) in [6, 6.07) is 0. The lowest BCUT2D eigenvalue weighted by atomic mass is 10.0. The molecule has 2 unspecified atom stereocenters. The van der Waals surface area contributed by atoms with Crippen LogP contribution in [0, 0.1) is 5.92 Å². The molecule has 14 heavy (non-hydrogen) atoms. The minimum Gasteiger partial charge on any atom is -0.465 e. The summed E-state index contributed by atoms with van der Waals surface area (Å²) in [6.07, 6.45) is 1.86. The third kappa shape index (κ3) is 2.50. The van der Waals surface area contributed by atoms with Gasteiger partial charge in [0.25, 0.3) is 0 Å². The van der Waals surface area contributed by atoms with Crippen molar-refractivity contribution in [2.75, 3.05) is 12.4 Å². The van der Waals surface area contributed by atoms with Crippen LogP contribution in [0.5, 0.6) is 0 Å². The molecule has 0 saturated carbocycles. The molecule has 1 saturated heterocycles. The maximum Gasteiger partial charge on any atom is 0.317 e. The number of rotatable bonds is 4. The molecule has 0 aliphatic carbocycles. The van der Waals surface area contributed by atoms with Gasteiger partial charge in [0, 0.05) is 5.75 Å². The number of hydrogen-bond acceptors (Lipinski definition) is 4. The first-order valence-corrected chi connectivity index (χ1v) is 6.07. The van der Waals surface area contributed by atoms with Crippen molar-refractivity contribution in [1.82, 2.24) is 0 Å². The highest BCUT2D eigenvalue weighted by Crippen LogP contribution is 2.31. The van der Waals surface area contributed by atoms with Crippen LogP contribution in [0.4, 0.5) is 0 Å². The molecule has 0 aromatic rings. The standard InChI is InChI=1S/C10H16O3S/c1-3-5-8-9(11)7(6-14-8)10(12)13-4-2/h7-8H,3-6H2,1-2H3. The third-order valence-corrected chi connectivity index (χ3v) is 3.64. The normalized spacial score (nSPS) is 26.6. The lowest BCUT2D eigenvalue weighted by Gasteiger charge is -2.07.